The third-order valence-electron chi connectivity index (χ3n) is 3.60. The van der Waals surface area contributed by atoms with Crippen LogP contribution >= 0.6 is 11.3 Å². The lowest BCUT2D eigenvalue weighted by Crippen LogP contribution is -2.17. The van der Waals surface area contributed by atoms with Gasteiger partial charge in [0, 0.05) is 23.3 Å². The van der Waals surface area contributed by atoms with Crippen molar-refractivity contribution in [3.05, 3.63) is 71.7 Å². The fourth-order valence-electron chi connectivity index (χ4n) is 2.34. The molecule has 0 unspecified atom stereocenters. The first-order valence-corrected chi connectivity index (χ1v) is 10.8. The lowest BCUT2D eigenvalue weighted by molar-refractivity contribution is -0.274. The molecule has 1 heterocycles. The smallest absolute Gasteiger partial charge is 0.406 e. The fourth-order valence-corrected chi connectivity index (χ4v) is 4.13. The SMILES string of the molecule is O=C(/C=C/c1cccc(OC(F)(F)F)c1)Nc1ccc(S(=O)(=O)Nc2nccs2)cc1. The summed E-state index contributed by atoms with van der Waals surface area (Å²) in [6, 6.07) is 10.6. The Balaban J connectivity index is 1.61. The third kappa shape index (κ3) is 6.83. The summed E-state index contributed by atoms with van der Waals surface area (Å²) in [5.74, 6) is -0.961. The molecule has 3 rings (SSSR count). The number of hydrogen-bond acceptors (Lipinski definition) is 6. The van der Waals surface area contributed by atoms with Crippen LogP contribution in [0.15, 0.2) is 71.1 Å². The molecule has 1 aromatic heterocycles. The van der Waals surface area contributed by atoms with Crippen LogP contribution in [0.4, 0.5) is 24.0 Å². The summed E-state index contributed by atoms with van der Waals surface area (Å²) in [4.78, 5) is 15.9. The summed E-state index contributed by atoms with van der Waals surface area (Å²) < 4.78 is 67.6. The van der Waals surface area contributed by atoms with Crippen molar-refractivity contribution in [2.45, 2.75) is 11.3 Å². The van der Waals surface area contributed by atoms with Crippen LogP contribution in [-0.2, 0) is 14.8 Å². The highest BCUT2D eigenvalue weighted by atomic mass is 32.2. The maximum absolute atomic E-state index is 12.3. The topological polar surface area (TPSA) is 97.4 Å². The number of halogens is 3. The molecular formula is C19H14F3N3O4S2. The van der Waals surface area contributed by atoms with Crippen molar-refractivity contribution in [1.82, 2.24) is 4.98 Å². The Bertz CT molecular complexity index is 1180. The van der Waals surface area contributed by atoms with Crippen LogP contribution in [0.5, 0.6) is 5.75 Å². The highest BCUT2D eigenvalue weighted by Gasteiger charge is 2.31. The first kappa shape index (κ1) is 22.3. The molecule has 162 valence electrons. The molecule has 0 aliphatic heterocycles. The Morgan fingerprint density at radius 1 is 1.13 bits per heavy atom. The number of ether oxygens (including phenoxy) is 1. The second kappa shape index (κ2) is 9.18. The average Bonchev–Trinajstić information content (AvgIpc) is 3.18. The van der Waals surface area contributed by atoms with Gasteiger partial charge in [0.1, 0.15) is 5.75 Å². The molecule has 0 spiro atoms. The van der Waals surface area contributed by atoms with Gasteiger partial charge in [-0.05, 0) is 48.0 Å². The van der Waals surface area contributed by atoms with Gasteiger partial charge in [-0.3, -0.25) is 9.52 Å². The van der Waals surface area contributed by atoms with Crippen LogP contribution in [0.25, 0.3) is 6.08 Å². The van der Waals surface area contributed by atoms with Crippen molar-refractivity contribution in [3.63, 3.8) is 0 Å². The number of amides is 1. The number of benzene rings is 2. The van der Waals surface area contributed by atoms with E-state index in [4.69, 9.17) is 0 Å². The van der Waals surface area contributed by atoms with E-state index in [0.717, 1.165) is 29.5 Å². The number of rotatable bonds is 7. The summed E-state index contributed by atoms with van der Waals surface area (Å²) in [5, 5.41) is 4.38. The minimum Gasteiger partial charge on any atom is -0.406 e. The van der Waals surface area contributed by atoms with Gasteiger partial charge < -0.3 is 10.1 Å². The minimum absolute atomic E-state index is 0.0160. The number of sulfonamides is 1. The van der Waals surface area contributed by atoms with E-state index in [-0.39, 0.29) is 10.0 Å². The molecule has 7 nitrogen and oxygen atoms in total. The maximum Gasteiger partial charge on any atom is 0.573 e. The Morgan fingerprint density at radius 3 is 2.52 bits per heavy atom. The molecule has 31 heavy (non-hydrogen) atoms. The van der Waals surface area contributed by atoms with Crippen molar-refractivity contribution in [1.29, 1.82) is 0 Å². The lowest BCUT2D eigenvalue weighted by atomic mass is 10.2. The lowest BCUT2D eigenvalue weighted by Gasteiger charge is -2.09. The number of aromatic nitrogens is 1. The molecule has 12 heteroatoms. The predicted octanol–water partition coefficient (Wildman–Crippen LogP) is 4.49. The second-order valence-corrected chi connectivity index (χ2v) is 8.49. The molecule has 0 radical (unpaired) electrons. The number of thiazole rings is 1. The van der Waals surface area contributed by atoms with Gasteiger partial charge in [-0.25, -0.2) is 13.4 Å². The highest BCUT2D eigenvalue weighted by Crippen LogP contribution is 2.24. The summed E-state index contributed by atoms with van der Waals surface area (Å²) in [6.45, 7) is 0. The summed E-state index contributed by atoms with van der Waals surface area (Å²) in [7, 11) is -3.81. The zero-order chi connectivity index (χ0) is 22.5. The van der Waals surface area contributed by atoms with Crippen molar-refractivity contribution < 1.29 is 31.1 Å². The van der Waals surface area contributed by atoms with Crippen LogP contribution in [-0.4, -0.2) is 25.7 Å². The van der Waals surface area contributed by atoms with Gasteiger partial charge in [0.15, 0.2) is 5.13 Å². The number of nitrogens with zero attached hydrogens (tertiary/aromatic N) is 1. The van der Waals surface area contributed by atoms with Crippen LogP contribution in [0.3, 0.4) is 0 Å². The molecule has 0 aliphatic carbocycles. The first-order chi connectivity index (χ1) is 14.6. The van der Waals surface area contributed by atoms with Gasteiger partial charge in [0.05, 0.1) is 4.90 Å². The van der Waals surface area contributed by atoms with E-state index in [9.17, 15) is 26.4 Å². The number of carbonyl (C=O) groups is 1. The number of nitrogens with one attached hydrogen (secondary N) is 2. The quantitative estimate of drug-likeness (QED) is 0.497. The molecule has 1 amide bonds. The molecular weight excluding hydrogens is 455 g/mol. The number of anilines is 2. The second-order valence-electron chi connectivity index (χ2n) is 5.91. The van der Waals surface area contributed by atoms with E-state index in [1.807, 2.05) is 0 Å². The summed E-state index contributed by atoms with van der Waals surface area (Å²) >= 11 is 1.13. The standard InChI is InChI=1S/C19H14F3N3O4S2/c20-19(21,22)29-15-3-1-2-13(12-15)4-9-17(26)24-14-5-7-16(8-6-14)31(27,28)25-18-23-10-11-30-18/h1-12H,(H,23,25)(H,24,26)/b9-4+. The molecule has 0 atom stereocenters. The van der Waals surface area contributed by atoms with Gasteiger partial charge >= 0.3 is 6.36 Å². The van der Waals surface area contributed by atoms with E-state index in [1.165, 1.54) is 48.7 Å². The normalized spacial score (nSPS) is 12.0. The van der Waals surface area contributed by atoms with E-state index in [2.05, 4.69) is 19.8 Å². The molecule has 0 saturated heterocycles. The Labute approximate surface area is 179 Å². The van der Waals surface area contributed by atoms with E-state index in [0.29, 0.717) is 11.3 Å². The molecule has 0 bridgehead atoms. The zero-order valence-corrected chi connectivity index (χ0v) is 17.1. The fraction of sp³-hybridized carbons (Fsp3) is 0.0526. The molecule has 2 aromatic carbocycles. The van der Waals surface area contributed by atoms with Gasteiger partial charge in [-0.2, -0.15) is 0 Å². The van der Waals surface area contributed by atoms with Crippen molar-refractivity contribution in [3.8, 4) is 5.75 Å². The first-order valence-electron chi connectivity index (χ1n) is 8.48. The van der Waals surface area contributed by atoms with Crippen LogP contribution in [0, 0.1) is 0 Å². The third-order valence-corrected chi connectivity index (χ3v) is 5.78. The predicted molar refractivity (Wildman–Crippen MR) is 110 cm³/mol. The van der Waals surface area contributed by atoms with Crippen LogP contribution < -0.4 is 14.8 Å². The van der Waals surface area contributed by atoms with Gasteiger partial charge in [0.2, 0.25) is 5.91 Å². The van der Waals surface area contributed by atoms with Crippen LogP contribution in [0.1, 0.15) is 5.56 Å². The number of hydrogen-bond donors (Lipinski definition) is 2. The largest absolute Gasteiger partial charge is 0.573 e. The van der Waals surface area contributed by atoms with E-state index in [1.54, 1.807) is 5.38 Å². The zero-order valence-electron chi connectivity index (χ0n) is 15.5. The number of alkyl halides is 3. The summed E-state index contributed by atoms with van der Waals surface area (Å²) in [5.41, 5.74) is 0.656. The van der Waals surface area contributed by atoms with E-state index >= 15 is 0 Å². The Hall–Kier alpha value is -3.38. The molecule has 0 saturated carbocycles. The molecule has 3 aromatic rings. The van der Waals surface area contributed by atoms with Gasteiger partial charge in [-0.15, -0.1) is 24.5 Å². The van der Waals surface area contributed by atoms with Crippen molar-refractivity contribution in [2.75, 3.05) is 10.0 Å². The van der Waals surface area contributed by atoms with Crippen LogP contribution in [0.2, 0.25) is 0 Å². The van der Waals surface area contributed by atoms with Crippen molar-refractivity contribution in [2.24, 2.45) is 0 Å². The Morgan fingerprint density at radius 2 is 1.87 bits per heavy atom. The van der Waals surface area contributed by atoms with E-state index < -0.39 is 28.0 Å². The monoisotopic (exact) mass is 469 g/mol. The Kier molecular flexibility index (Phi) is 6.61. The summed E-state index contributed by atoms with van der Waals surface area (Å²) in [6.07, 6.45) is -0.903. The van der Waals surface area contributed by atoms with Gasteiger partial charge in [0.25, 0.3) is 10.0 Å². The minimum atomic E-state index is -4.81. The maximum atomic E-state index is 12.3. The highest BCUT2D eigenvalue weighted by molar-refractivity contribution is 7.93. The molecule has 2 N–H and O–H groups in total. The van der Waals surface area contributed by atoms with Gasteiger partial charge in [-0.1, -0.05) is 12.1 Å². The average molecular weight is 469 g/mol. The molecule has 0 aliphatic rings. The number of carbonyl (C=O) groups excluding carboxylic acids is 1. The van der Waals surface area contributed by atoms with Crippen molar-refractivity contribution >= 4 is 44.2 Å². The molecule has 0 fully saturated rings.